The molecule has 0 radical (unpaired) electrons. The largest absolute Gasteiger partial charge is 0.480 e. The van der Waals surface area contributed by atoms with Crippen molar-refractivity contribution in [3.63, 3.8) is 0 Å². The Bertz CT molecular complexity index is 1270. The fourth-order valence-electron chi connectivity index (χ4n) is 6.11. The van der Waals surface area contributed by atoms with E-state index in [1.807, 2.05) is 4.90 Å². The van der Waals surface area contributed by atoms with E-state index in [2.05, 4.69) is 35.1 Å². The fraction of sp³-hybridized carbons (Fsp3) is 0.816. The molecule has 3 unspecified atom stereocenters. The number of carbonyl (C=O) groups is 7. The topological polar surface area (TPSA) is 322 Å². The number of unbranched alkanes of at least 4 members (excludes halogenated alkanes) is 1. The fourth-order valence-corrected chi connectivity index (χ4v) is 6.11. The number of aldehydes is 1. The zero-order valence-corrected chi connectivity index (χ0v) is 35.5. The van der Waals surface area contributed by atoms with Gasteiger partial charge in [0.1, 0.15) is 18.4 Å². The van der Waals surface area contributed by atoms with Gasteiger partial charge in [-0.3, -0.25) is 48.4 Å². The van der Waals surface area contributed by atoms with Crippen LogP contribution in [0.2, 0.25) is 0 Å². The summed E-state index contributed by atoms with van der Waals surface area (Å²) in [5.74, 6) is -3.71. The number of aliphatic hydroxyl groups is 5. The van der Waals surface area contributed by atoms with Crippen molar-refractivity contribution < 1.29 is 69.3 Å². The third-order valence-corrected chi connectivity index (χ3v) is 9.56. The Kier molecular flexibility index (Phi) is 31.6. The average Bonchev–Trinajstić information content (AvgIpc) is 3.19. The van der Waals surface area contributed by atoms with Gasteiger partial charge >= 0.3 is 11.9 Å². The molecule has 0 saturated carbocycles. The summed E-state index contributed by atoms with van der Waals surface area (Å²) in [6, 6.07) is -1.23. The number of hydrogen-bond donors (Lipinski definition) is 11. The SMILES string of the molecule is CC(C)CCCCNC(=O)CCNC(=O)[C@H](CCC(=O)NCC(O)C(O)C(O)CCO)NC(=O)CN1CCN(CC=O)CCN(CC(=O)O)CCN(CC(=O)O)CC1.CO. The lowest BCUT2D eigenvalue weighted by Crippen LogP contribution is -2.52. The maximum absolute atomic E-state index is 13.5. The van der Waals surface area contributed by atoms with Gasteiger partial charge in [-0.05, 0) is 25.2 Å². The summed E-state index contributed by atoms with van der Waals surface area (Å²) in [6.07, 6.45) is -1.76. The summed E-state index contributed by atoms with van der Waals surface area (Å²) >= 11 is 0. The van der Waals surface area contributed by atoms with Crippen molar-refractivity contribution in [1.29, 1.82) is 0 Å². The third-order valence-electron chi connectivity index (χ3n) is 9.56. The molecule has 1 heterocycles. The van der Waals surface area contributed by atoms with Gasteiger partial charge in [0.25, 0.3) is 0 Å². The lowest BCUT2D eigenvalue weighted by Gasteiger charge is -2.33. The number of aliphatic hydroxyl groups excluding tert-OH is 5. The summed E-state index contributed by atoms with van der Waals surface area (Å²) in [6.45, 7) is 5.18. The van der Waals surface area contributed by atoms with Crippen LogP contribution in [0.1, 0.15) is 58.8 Å². The van der Waals surface area contributed by atoms with E-state index in [1.165, 1.54) is 0 Å². The molecule has 1 aliphatic rings. The molecule has 60 heavy (non-hydrogen) atoms. The zero-order chi connectivity index (χ0) is 45.5. The molecule has 0 bridgehead atoms. The van der Waals surface area contributed by atoms with Crippen molar-refractivity contribution in [2.45, 2.75) is 83.1 Å². The predicted octanol–water partition coefficient (Wildman–Crippen LogP) is -4.52. The lowest BCUT2D eigenvalue weighted by molar-refractivity contribution is -0.140. The number of nitrogens with zero attached hydrogens (tertiary/aromatic N) is 4. The van der Waals surface area contributed by atoms with E-state index < -0.39 is 67.2 Å². The second-order valence-electron chi connectivity index (χ2n) is 15.0. The average molecular weight is 865 g/mol. The van der Waals surface area contributed by atoms with Crippen molar-refractivity contribution in [1.82, 2.24) is 40.9 Å². The van der Waals surface area contributed by atoms with Gasteiger partial charge < -0.3 is 61.8 Å². The Morgan fingerprint density at radius 1 is 0.617 bits per heavy atom. The molecular formula is C38H72N8O14. The van der Waals surface area contributed by atoms with Gasteiger partial charge in [-0.25, -0.2) is 0 Å². The predicted molar refractivity (Wildman–Crippen MR) is 218 cm³/mol. The normalized spacial score (nSPS) is 17.0. The van der Waals surface area contributed by atoms with Crippen LogP contribution in [0.25, 0.3) is 0 Å². The molecule has 11 N–H and O–H groups in total. The van der Waals surface area contributed by atoms with Crippen LogP contribution in [0.5, 0.6) is 0 Å². The van der Waals surface area contributed by atoms with E-state index in [9.17, 15) is 59.1 Å². The van der Waals surface area contributed by atoms with Crippen molar-refractivity contribution in [2.24, 2.45) is 5.92 Å². The second kappa shape index (κ2) is 33.8. The Hall–Kier alpha value is -3.87. The van der Waals surface area contributed by atoms with E-state index in [0.717, 1.165) is 32.7 Å². The molecule has 4 atom stereocenters. The molecule has 22 nitrogen and oxygen atoms in total. The minimum atomic E-state index is -1.64. The molecule has 22 heteroatoms. The van der Waals surface area contributed by atoms with Gasteiger partial charge in [0.15, 0.2) is 0 Å². The Balaban J connectivity index is 0.0000171. The molecule has 0 aromatic heterocycles. The number of hydrogen-bond acceptors (Lipinski definition) is 16. The molecule has 0 aliphatic carbocycles. The van der Waals surface area contributed by atoms with Crippen molar-refractivity contribution in [3.8, 4) is 0 Å². The van der Waals surface area contributed by atoms with Crippen molar-refractivity contribution >= 4 is 41.9 Å². The Morgan fingerprint density at radius 3 is 1.63 bits per heavy atom. The monoisotopic (exact) mass is 865 g/mol. The van der Waals surface area contributed by atoms with Crippen LogP contribution in [0.15, 0.2) is 0 Å². The number of rotatable bonds is 27. The van der Waals surface area contributed by atoms with Crippen molar-refractivity contribution in [3.05, 3.63) is 0 Å². The van der Waals surface area contributed by atoms with Crippen LogP contribution in [-0.2, 0) is 33.6 Å². The van der Waals surface area contributed by atoms with E-state index in [4.69, 9.17) is 10.2 Å². The van der Waals surface area contributed by atoms with E-state index in [0.29, 0.717) is 32.1 Å². The molecule has 0 aromatic carbocycles. The molecular weight excluding hydrogens is 792 g/mol. The minimum absolute atomic E-state index is 0.0224. The summed E-state index contributed by atoms with van der Waals surface area (Å²) in [7, 11) is 1.00. The molecule has 1 saturated heterocycles. The number of carbonyl (C=O) groups excluding carboxylic acids is 5. The van der Waals surface area contributed by atoms with Crippen LogP contribution in [0.4, 0.5) is 0 Å². The molecule has 1 fully saturated rings. The highest BCUT2D eigenvalue weighted by atomic mass is 16.4. The first kappa shape index (κ1) is 56.1. The number of carboxylic acids is 2. The van der Waals surface area contributed by atoms with Gasteiger partial charge in [-0.2, -0.15) is 0 Å². The smallest absolute Gasteiger partial charge is 0.317 e. The van der Waals surface area contributed by atoms with Crippen LogP contribution < -0.4 is 21.3 Å². The highest BCUT2D eigenvalue weighted by Gasteiger charge is 2.27. The van der Waals surface area contributed by atoms with Gasteiger partial charge in [0, 0.05) is 98.6 Å². The summed E-state index contributed by atoms with van der Waals surface area (Å²) < 4.78 is 0. The quantitative estimate of drug-likeness (QED) is 0.0274. The second-order valence-corrected chi connectivity index (χ2v) is 15.0. The molecule has 4 amide bonds. The molecule has 0 spiro atoms. The van der Waals surface area contributed by atoms with Crippen molar-refractivity contribution in [2.75, 3.05) is 112 Å². The molecule has 1 aliphatic heterocycles. The first-order chi connectivity index (χ1) is 28.5. The number of nitrogens with one attached hydrogen (secondary N) is 4. The number of aliphatic carboxylic acids is 2. The van der Waals surface area contributed by atoms with Crippen LogP contribution >= 0.6 is 0 Å². The van der Waals surface area contributed by atoms with Crippen LogP contribution in [0, 0.1) is 5.92 Å². The van der Waals surface area contributed by atoms with E-state index in [-0.39, 0.29) is 97.0 Å². The molecule has 348 valence electrons. The van der Waals surface area contributed by atoms with E-state index in [1.54, 1.807) is 14.7 Å². The Labute approximate surface area is 352 Å². The maximum atomic E-state index is 13.5. The first-order valence-corrected chi connectivity index (χ1v) is 20.5. The molecule has 1 rings (SSSR count). The van der Waals surface area contributed by atoms with E-state index >= 15 is 0 Å². The van der Waals surface area contributed by atoms with Gasteiger partial charge in [0.2, 0.25) is 23.6 Å². The van der Waals surface area contributed by atoms with Gasteiger partial charge in [-0.1, -0.05) is 26.7 Å². The van der Waals surface area contributed by atoms with Crippen LogP contribution in [-0.4, -0.2) is 233 Å². The highest BCUT2D eigenvalue weighted by Crippen LogP contribution is 2.07. The van der Waals surface area contributed by atoms with Crippen LogP contribution in [0.3, 0.4) is 0 Å². The zero-order valence-electron chi connectivity index (χ0n) is 35.5. The lowest BCUT2D eigenvalue weighted by atomic mass is 10.1. The first-order valence-electron chi connectivity index (χ1n) is 20.5. The van der Waals surface area contributed by atoms with Gasteiger partial charge in [-0.15, -0.1) is 0 Å². The maximum Gasteiger partial charge on any atom is 0.317 e. The summed E-state index contributed by atoms with van der Waals surface area (Å²) in [5.41, 5.74) is 0. The molecule has 0 aromatic rings. The number of amides is 4. The van der Waals surface area contributed by atoms with Gasteiger partial charge in [0.05, 0.1) is 38.4 Å². The third kappa shape index (κ3) is 27.8. The summed E-state index contributed by atoms with van der Waals surface area (Å²) in [5, 5.41) is 75.4. The Morgan fingerprint density at radius 2 is 1.13 bits per heavy atom. The summed E-state index contributed by atoms with van der Waals surface area (Å²) in [4.78, 5) is 93.3. The highest BCUT2D eigenvalue weighted by molar-refractivity contribution is 5.89. The minimum Gasteiger partial charge on any atom is -0.480 e. The standard InChI is InChI=1S/C37H68N8O13.CH4O/c1-27(2)5-3-4-10-38-32(51)8-11-39-37(58)28(6-7-31(50)40-23-30(49)36(57)29(48)9-21-46)41-33(52)24-43-14-12-42(20-22-47)13-15-44(25-34(53)54)18-19-45(17-16-43)26-35(55)56;1-2/h22,27-30,36,46,48-49,57H,3-21,23-26H2,1-2H3,(H,38,51)(H,39,58)(H,40,50)(H,41,52)(H,53,54)(H,55,56);2H,1H3/t28-,29?,30?,36?;/m0./s1. The number of carboxylic acid groups (broad SMARTS) is 2.